The molecule has 21 heavy (non-hydrogen) atoms. The van der Waals surface area contributed by atoms with E-state index in [-0.39, 0.29) is 28.8 Å². The van der Waals surface area contributed by atoms with Gasteiger partial charge in [-0.05, 0) is 35.5 Å². The number of benzene rings is 1. The Morgan fingerprint density at radius 1 is 1.38 bits per heavy atom. The van der Waals surface area contributed by atoms with Crippen LogP contribution in [0.3, 0.4) is 0 Å². The Labute approximate surface area is 123 Å². The summed E-state index contributed by atoms with van der Waals surface area (Å²) in [7, 11) is 0. The van der Waals surface area contributed by atoms with Gasteiger partial charge in [-0.2, -0.15) is 18.4 Å². The van der Waals surface area contributed by atoms with E-state index in [1.807, 2.05) is 0 Å². The molecule has 0 amide bonds. The second-order valence-corrected chi connectivity index (χ2v) is 4.81. The fraction of sp³-hybridized carbons (Fsp3) is 0.143. The fourth-order valence-corrected chi connectivity index (χ4v) is 1.82. The van der Waals surface area contributed by atoms with Crippen molar-refractivity contribution >= 4 is 23.8 Å². The van der Waals surface area contributed by atoms with Gasteiger partial charge < -0.3 is 4.74 Å². The molecule has 1 rings (SSSR count). The lowest BCUT2D eigenvalue weighted by molar-refractivity contribution is -0.137. The molecule has 0 aliphatic rings. The molecule has 0 fully saturated rings. The van der Waals surface area contributed by atoms with E-state index >= 15 is 0 Å². The van der Waals surface area contributed by atoms with E-state index in [0.29, 0.717) is 5.56 Å². The number of esters is 1. The second-order valence-electron chi connectivity index (χ2n) is 3.67. The van der Waals surface area contributed by atoms with Crippen molar-refractivity contribution in [1.29, 1.82) is 5.26 Å². The molecule has 0 heterocycles. The van der Waals surface area contributed by atoms with E-state index in [2.05, 4.69) is 6.58 Å². The molecular weight excluding hydrogens is 303 g/mol. The maximum atomic E-state index is 12.2. The van der Waals surface area contributed by atoms with Gasteiger partial charge in [0.2, 0.25) is 0 Å². The highest BCUT2D eigenvalue weighted by Gasteiger charge is 2.28. The lowest BCUT2D eigenvalue weighted by Gasteiger charge is -2.05. The number of carbonyl (C=O) groups excluding carboxylic acids is 1. The SMILES string of the molecule is C=CCOC(=O)/C(C#N)=C\c1ccc(SC(F)(F)F)cc1. The first-order valence-electron chi connectivity index (χ1n) is 5.61. The summed E-state index contributed by atoms with van der Waals surface area (Å²) in [6.07, 6.45) is 2.60. The topological polar surface area (TPSA) is 50.1 Å². The lowest BCUT2D eigenvalue weighted by atomic mass is 10.1. The summed E-state index contributed by atoms with van der Waals surface area (Å²) in [5.41, 5.74) is -4.18. The minimum absolute atomic E-state index is 0.0207. The molecule has 110 valence electrons. The molecular formula is C14H10F3NO2S. The maximum Gasteiger partial charge on any atom is 0.446 e. The van der Waals surface area contributed by atoms with Crippen molar-refractivity contribution in [2.75, 3.05) is 6.61 Å². The van der Waals surface area contributed by atoms with E-state index in [0.717, 1.165) is 0 Å². The van der Waals surface area contributed by atoms with Crippen molar-refractivity contribution in [2.24, 2.45) is 0 Å². The molecule has 0 atom stereocenters. The summed E-state index contributed by atoms with van der Waals surface area (Å²) in [5, 5.41) is 8.87. The molecule has 0 radical (unpaired) electrons. The number of thioether (sulfide) groups is 1. The van der Waals surface area contributed by atoms with Crippen molar-refractivity contribution in [3.8, 4) is 6.07 Å². The van der Waals surface area contributed by atoms with Crippen LogP contribution in [0.15, 0.2) is 47.4 Å². The van der Waals surface area contributed by atoms with Gasteiger partial charge in [-0.15, -0.1) is 0 Å². The van der Waals surface area contributed by atoms with E-state index < -0.39 is 11.5 Å². The number of hydrogen-bond donors (Lipinski definition) is 0. The van der Waals surface area contributed by atoms with Gasteiger partial charge in [-0.25, -0.2) is 4.79 Å². The molecule has 0 N–H and O–H groups in total. The molecule has 0 bridgehead atoms. The minimum atomic E-state index is -4.36. The van der Waals surface area contributed by atoms with Gasteiger partial charge in [-0.3, -0.25) is 0 Å². The van der Waals surface area contributed by atoms with Crippen molar-refractivity contribution in [3.63, 3.8) is 0 Å². The first kappa shape index (κ1) is 16.9. The van der Waals surface area contributed by atoms with Crippen molar-refractivity contribution in [3.05, 3.63) is 48.1 Å². The third kappa shape index (κ3) is 6.19. The molecule has 0 saturated heterocycles. The molecule has 7 heteroatoms. The van der Waals surface area contributed by atoms with Crippen molar-refractivity contribution < 1.29 is 22.7 Å². The van der Waals surface area contributed by atoms with Crippen LogP contribution in [0.1, 0.15) is 5.56 Å². The van der Waals surface area contributed by atoms with Crippen LogP contribution < -0.4 is 0 Å². The highest BCUT2D eigenvalue weighted by Crippen LogP contribution is 2.36. The summed E-state index contributed by atoms with van der Waals surface area (Å²) in [6.45, 7) is 3.34. The van der Waals surface area contributed by atoms with E-state index in [1.165, 1.54) is 36.4 Å². The van der Waals surface area contributed by atoms with Gasteiger partial charge in [0.15, 0.2) is 0 Å². The molecule has 0 aliphatic carbocycles. The number of ether oxygens (including phenoxy) is 1. The van der Waals surface area contributed by atoms with Gasteiger partial charge in [-0.1, -0.05) is 24.8 Å². The van der Waals surface area contributed by atoms with Crippen LogP contribution in [-0.4, -0.2) is 18.1 Å². The average molecular weight is 313 g/mol. The van der Waals surface area contributed by atoms with Gasteiger partial charge in [0.25, 0.3) is 0 Å². The predicted molar refractivity (Wildman–Crippen MR) is 73.1 cm³/mol. The third-order valence-corrected chi connectivity index (χ3v) is 2.84. The first-order valence-corrected chi connectivity index (χ1v) is 6.43. The number of nitrogens with zero attached hydrogens (tertiary/aromatic N) is 1. The second kappa shape index (κ2) is 7.55. The number of nitriles is 1. The standard InChI is InChI=1S/C14H10F3NO2S/c1-2-7-20-13(19)11(9-18)8-10-3-5-12(6-4-10)21-14(15,16)17/h2-6,8H,1,7H2/b11-8-. The Balaban J connectivity index is 2.85. The molecule has 0 unspecified atom stereocenters. The van der Waals surface area contributed by atoms with Crippen LogP contribution >= 0.6 is 11.8 Å². The summed E-state index contributed by atoms with van der Waals surface area (Å²) < 4.78 is 41.2. The zero-order valence-corrected chi connectivity index (χ0v) is 11.5. The number of halogens is 3. The molecule has 3 nitrogen and oxygen atoms in total. The van der Waals surface area contributed by atoms with Crippen molar-refractivity contribution in [2.45, 2.75) is 10.4 Å². The van der Waals surface area contributed by atoms with Crippen LogP contribution in [0.2, 0.25) is 0 Å². The van der Waals surface area contributed by atoms with Crippen LogP contribution in [0.4, 0.5) is 13.2 Å². The number of hydrogen-bond acceptors (Lipinski definition) is 4. The largest absolute Gasteiger partial charge is 0.457 e. The fourth-order valence-electron chi connectivity index (χ4n) is 1.28. The quantitative estimate of drug-likeness (QED) is 0.272. The summed E-state index contributed by atoms with van der Waals surface area (Å²) in [5.74, 6) is -0.814. The van der Waals surface area contributed by atoms with E-state index in [1.54, 1.807) is 6.07 Å². The Bertz CT molecular complexity index is 586. The number of alkyl halides is 3. The van der Waals surface area contributed by atoms with E-state index in [4.69, 9.17) is 10.00 Å². The Hall–Kier alpha value is -2.20. The summed E-state index contributed by atoms with van der Waals surface area (Å²) in [6, 6.07) is 6.96. The Kier molecular flexibility index (Phi) is 6.06. The lowest BCUT2D eigenvalue weighted by Crippen LogP contribution is -2.06. The molecule has 0 spiro atoms. The van der Waals surface area contributed by atoms with Gasteiger partial charge in [0.05, 0.1) is 0 Å². The minimum Gasteiger partial charge on any atom is -0.457 e. The molecule has 0 aromatic heterocycles. The van der Waals surface area contributed by atoms with Gasteiger partial charge in [0, 0.05) is 4.90 Å². The summed E-state index contributed by atoms with van der Waals surface area (Å²) in [4.78, 5) is 11.5. The molecule has 1 aromatic carbocycles. The zero-order chi connectivity index (χ0) is 15.9. The van der Waals surface area contributed by atoms with E-state index in [9.17, 15) is 18.0 Å². The monoisotopic (exact) mass is 313 g/mol. The molecule has 0 aliphatic heterocycles. The first-order chi connectivity index (χ1) is 9.85. The molecule has 0 saturated carbocycles. The normalized spacial score (nSPS) is 11.6. The smallest absolute Gasteiger partial charge is 0.446 e. The highest BCUT2D eigenvalue weighted by molar-refractivity contribution is 8.00. The third-order valence-electron chi connectivity index (χ3n) is 2.10. The molecule has 1 aromatic rings. The highest BCUT2D eigenvalue weighted by atomic mass is 32.2. The van der Waals surface area contributed by atoms with Gasteiger partial charge in [0.1, 0.15) is 18.2 Å². The number of rotatable bonds is 5. The average Bonchev–Trinajstić information content (AvgIpc) is 2.42. The maximum absolute atomic E-state index is 12.2. The zero-order valence-electron chi connectivity index (χ0n) is 10.7. The number of carbonyl (C=O) groups is 1. The van der Waals surface area contributed by atoms with Crippen LogP contribution in [-0.2, 0) is 9.53 Å². The van der Waals surface area contributed by atoms with Crippen LogP contribution in [0, 0.1) is 11.3 Å². The summed E-state index contributed by atoms with van der Waals surface area (Å²) >= 11 is -0.237. The Morgan fingerprint density at radius 3 is 2.48 bits per heavy atom. The Morgan fingerprint density at radius 2 is 2.00 bits per heavy atom. The van der Waals surface area contributed by atoms with Crippen LogP contribution in [0.5, 0.6) is 0 Å². The van der Waals surface area contributed by atoms with Crippen molar-refractivity contribution in [1.82, 2.24) is 0 Å². The van der Waals surface area contributed by atoms with Crippen LogP contribution in [0.25, 0.3) is 6.08 Å². The predicted octanol–water partition coefficient (Wildman–Crippen LogP) is 3.93. The van der Waals surface area contributed by atoms with Gasteiger partial charge >= 0.3 is 11.5 Å².